The van der Waals surface area contributed by atoms with Gasteiger partial charge in [0.2, 0.25) is 5.91 Å². The van der Waals surface area contributed by atoms with Gasteiger partial charge in [-0.3, -0.25) is 9.59 Å². The predicted octanol–water partition coefficient (Wildman–Crippen LogP) is 4.36. The van der Waals surface area contributed by atoms with E-state index < -0.39 is 17.9 Å². The molecule has 0 aliphatic carbocycles. The van der Waals surface area contributed by atoms with Gasteiger partial charge in [0.05, 0.1) is 16.3 Å². The average Bonchev–Trinajstić information content (AvgIpc) is 3.10. The van der Waals surface area contributed by atoms with Gasteiger partial charge >= 0.3 is 0 Å². The SMILES string of the molecule is CC(NC(=O)c1ccccc1Cl)C(=O)Nc1nc(-c2cccc(F)c2)cs1. The number of anilines is 1. The van der Waals surface area contributed by atoms with Gasteiger partial charge in [0.15, 0.2) is 5.13 Å². The summed E-state index contributed by atoms with van der Waals surface area (Å²) in [7, 11) is 0. The molecule has 0 spiro atoms. The van der Waals surface area contributed by atoms with Crippen LogP contribution >= 0.6 is 22.9 Å². The number of nitrogens with zero attached hydrogens (tertiary/aromatic N) is 1. The second-order valence-corrected chi connectivity index (χ2v) is 6.98. The standard InChI is InChI=1S/C19H15ClFN3O2S/c1-11(22-18(26)14-7-2-3-8-15(14)20)17(25)24-19-23-16(10-27-19)12-5-4-6-13(21)9-12/h2-11H,1H3,(H,22,26)(H,23,24,25). The summed E-state index contributed by atoms with van der Waals surface area (Å²) in [5.41, 5.74) is 1.47. The third-order valence-electron chi connectivity index (χ3n) is 3.71. The van der Waals surface area contributed by atoms with E-state index in [1.165, 1.54) is 23.5 Å². The Labute approximate surface area is 164 Å². The molecule has 8 heteroatoms. The van der Waals surface area contributed by atoms with Crippen LogP contribution < -0.4 is 10.6 Å². The molecule has 2 aromatic carbocycles. The fourth-order valence-corrected chi connectivity index (χ4v) is 3.25. The van der Waals surface area contributed by atoms with Crippen LogP contribution in [0.3, 0.4) is 0 Å². The van der Waals surface area contributed by atoms with Crippen molar-refractivity contribution in [2.24, 2.45) is 0 Å². The molecule has 3 rings (SSSR count). The molecule has 1 unspecified atom stereocenters. The lowest BCUT2D eigenvalue weighted by molar-refractivity contribution is -0.117. The van der Waals surface area contributed by atoms with Crippen molar-refractivity contribution in [3.63, 3.8) is 0 Å². The molecule has 1 aromatic heterocycles. The monoisotopic (exact) mass is 403 g/mol. The van der Waals surface area contributed by atoms with Gasteiger partial charge in [0.1, 0.15) is 11.9 Å². The van der Waals surface area contributed by atoms with Gasteiger partial charge in [0, 0.05) is 10.9 Å². The third kappa shape index (κ3) is 4.69. The van der Waals surface area contributed by atoms with E-state index in [1.807, 2.05) is 0 Å². The molecule has 0 aliphatic heterocycles. The van der Waals surface area contributed by atoms with Gasteiger partial charge in [0.25, 0.3) is 5.91 Å². The summed E-state index contributed by atoms with van der Waals surface area (Å²) < 4.78 is 13.3. The highest BCUT2D eigenvalue weighted by Gasteiger charge is 2.19. The molecule has 0 bridgehead atoms. The van der Waals surface area contributed by atoms with Gasteiger partial charge < -0.3 is 10.6 Å². The van der Waals surface area contributed by atoms with E-state index in [0.29, 0.717) is 27.0 Å². The van der Waals surface area contributed by atoms with Crippen LogP contribution in [0.25, 0.3) is 11.3 Å². The Morgan fingerprint density at radius 2 is 1.96 bits per heavy atom. The second kappa shape index (κ2) is 8.28. The quantitative estimate of drug-likeness (QED) is 0.664. The molecule has 0 saturated carbocycles. The largest absolute Gasteiger partial charge is 0.340 e. The van der Waals surface area contributed by atoms with Crippen LogP contribution in [0, 0.1) is 5.82 Å². The Balaban J connectivity index is 1.63. The summed E-state index contributed by atoms with van der Waals surface area (Å²) in [6, 6.07) is 11.8. The Hall–Kier alpha value is -2.77. The Morgan fingerprint density at radius 3 is 2.70 bits per heavy atom. The number of halogens is 2. The maximum absolute atomic E-state index is 13.3. The number of aromatic nitrogens is 1. The Morgan fingerprint density at radius 1 is 1.19 bits per heavy atom. The lowest BCUT2D eigenvalue weighted by atomic mass is 10.2. The molecule has 5 nitrogen and oxygen atoms in total. The zero-order valence-corrected chi connectivity index (χ0v) is 15.8. The maximum atomic E-state index is 13.3. The second-order valence-electron chi connectivity index (χ2n) is 5.71. The van der Waals surface area contributed by atoms with Gasteiger partial charge in [-0.2, -0.15) is 0 Å². The molecule has 0 saturated heterocycles. The number of hydrogen-bond acceptors (Lipinski definition) is 4. The van der Waals surface area contributed by atoms with Crippen LogP contribution in [-0.4, -0.2) is 22.8 Å². The third-order valence-corrected chi connectivity index (χ3v) is 4.80. The minimum absolute atomic E-state index is 0.293. The number of benzene rings is 2. The molecule has 2 amide bonds. The maximum Gasteiger partial charge on any atom is 0.253 e. The van der Waals surface area contributed by atoms with Crippen LogP contribution in [0.5, 0.6) is 0 Å². The normalized spacial score (nSPS) is 11.7. The van der Waals surface area contributed by atoms with Crippen molar-refractivity contribution < 1.29 is 14.0 Å². The summed E-state index contributed by atoms with van der Waals surface area (Å²) in [4.78, 5) is 28.8. The molecule has 0 radical (unpaired) electrons. The number of nitrogens with one attached hydrogen (secondary N) is 2. The Kier molecular flexibility index (Phi) is 5.83. The van der Waals surface area contributed by atoms with Crippen LogP contribution in [-0.2, 0) is 4.79 Å². The summed E-state index contributed by atoms with van der Waals surface area (Å²) in [6.07, 6.45) is 0. The van der Waals surface area contributed by atoms with Gasteiger partial charge in [-0.25, -0.2) is 9.37 Å². The van der Waals surface area contributed by atoms with E-state index in [1.54, 1.807) is 48.7 Å². The minimum atomic E-state index is -0.796. The highest BCUT2D eigenvalue weighted by atomic mass is 35.5. The van der Waals surface area contributed by atoms with Gasteiger partial charge in [-0.05, 0) is 31.2 Å². The van der Waals surface area contributed by atoms with Crippen molar-refractivity contribution in [2.75, 3.05) is 5.32 Å². The smallest absolute Gasteiger partial charge is 0.253 e. The first kappa shape index (κ1) is 19.0. The first-order chi connectivity index (χ1) is 12.9. The van der Waals surface area contributed by atoms with E-state index in [2.05, 4.69) is 15.6 Å². The molecule has 0 aliphatic rings. The van der Waals surface area contributed by atoms with Crippen molar-refractivity contribution in [2.45, 2.75) is 13.0 Å². The summed E-state index contributed by atoms with van der Waals surface area (Å²) >= 11 is 7.20. The number of carbonyl (C=O) groups is 2. The van der Waals surface area contributed by atoms with Crippen LogP contribution in [0.2, 0.25) is 5.02 Å². The lowest BCUT2D eigenvalue weighted by Crippen LogP contribution is -2.41. The van der Waals surface area contributed by atoms with E-state index in [4.69, 9.17) is 11.6 Å². The first-order valence-electron chi connectivity index (χ1n) is 8.02. The van der Waals surface area contributed by atoms with Crippen LogP contribution in [0.4, 0.5) is 9.52 Å². The van der Waals surface area contributed by atoms with Crippen molar-refractivity contribution in [3.8, 4) is 11.3 Å². The van der Waals surface area contributed by atoms with E-state index >= 15 is 0 Å². The van der Waals surface area contributed by atoms with E-state index in [9.17, 15) is 14.0 Å². The zero-order valence-electron chi connectivity index (χ0n) is 14.2. The highest BCUT2D eigenvalue weighted by molar-refractivity contribution is 7.14. The number of amides is 2. The summed E-state index contributed by atoms with van der Waals surface area (Å²) in [5, 5.41) is 7.63. The molecule has 0 fully saturated rings. The summed E-state index contributed by atoms with van der Waals surface area (Å²) in [6.45, 7) is 1.56. The zero-order chi connectivity index (χ0) is 19.4. The highest BCUT2D eigenvalue weighted by Crippen LogP contribution is 2.25. The van der Waals surface area contributed by atoms with Crippen LogP contribution in [0.15, 0.2) is 53.9 Å². The topological polar surface area (TPSA) is 71.1 Å². The predicted molar refractivity (Wildman–Crippen MR) is 105 cm³/mol. The number of carbonyl (C=O) groups excluding carboxylic acids is 2. The van der Waals surface area contributed by atoms with E-state index in [-0.39, 0.29) is 5.82 Å². The van der Waals surface area contributed by atoms with Gasteiger partial charge in [-0.1, -0.05) is 35.9 Å². The number of hydrogen-bond donors (Lipinski definition) is 2. The molecule has 27 heavy (non-hydrogen) atoms. The van der Waals surface area contributed by atoms with Crippen molar-refractivity contribution in [1.29, 1.82) is 0 Å². The molecular weight excluding hydrogens is 389 g/mol. The Bertz CT molecular complexity index is 992. The molecule has 138 valence electrons. The molecule has 1 atom stereocenters. The molecule has 3 aromatic rings. The number of rotatable bonds is 5. The fourth-order valence-electron chi connectivity index (χ4n) is 2.31. The molecule has 1 heterocycles. The number of thiazole rings is 1. The van der Waals surface area contributed by atoms with Crippen molar-refractivity contribution in [1.82, 2.24) is 10.3 Å². The molecule has 2 N–H and O–H groups in total. The van der Waals surface area contributed by atoms with Crippen LogP contribution in [0.1, 0.15) is 17.3 Å². The molecular formula is C19H15ClFN3O2S. The average molecular weight is 404 g/mol. The van der Waals surface area contributed by atoms with Crippen molar-refractivity contribution >= 4 is 39.9 Å². The minimum Gasteiger partial charge on any atom is -0.340 e. The first-order valence-corrected chi connectivity index (χ1v) is 9.27. The lowest BCUT2D eigenvalue weighted by Gasteiger charge is -2.13. The van der Waals surface area contributed by atoms with Gasteiger partial charge in [-0.15, -0.1) is 11.3 Å². The summed E-state index contributed by atoms with van der Waals surface area (Å²) in [5.74, 6) is -1.22. The fraction of sp³-hybridized carbons (Fsp3) is 0.105. The van der Waals surface area contributed by atoms with Crippen molar-refractivity contribution in [3.05, 3.63) is 70.3 Å². The van der Waals surface area contributed by atoms with E-state index in [0.717, 1.165) is 0 Å².